The highest BCUT2D eigenvalue weighted by atomic mass is 16.4. The molecule has 1 aromatic rings. The Kier molecular flexibility index (Phi) is 3.57. The average molecular weight is 217 g/mol. The molecule has 0 radical (unpaired) electrons. The lowest BCUT2D eigenvalue weighted by atomic mass is 9.97. The Morgan fingerprint density at radius 2 is 1.81 bits per heavy atom. The standard InChI is InChI=1S/C13H15NO2/c1-13(2,3)9-8-10-4-6-11(7-5-10)14-12(15)16/h4-7,14H,1-3H3,(H,15,16). The highest BCUT2D eigenvalue weighted by Gasteiger charge is 2.03. The van der Waals surface area contributed by atoms with Crippen LogP contribution in [0.1, 0.15) is 26.3 Å². The van der Waals surface area contributed by atoms with Gasteiger partial charge in [0.05, 0.1) is 0 Å². The Balaban J connectivity index is 2.78. The van der Waals surface area contributed by atoms with Gasteiger partial charge in [0.1, 0.15) is 0 Å². The van der Waals surface area contributed by atoms with E-state index in [-0.39, 0.29) is 5.41 Å². The second-order valence-corrected chi connectivity index (χ2v) is 4.51. The molecule has 0 atom stereocenters. The molecule has 3 nitrogen and oxygen atoms in total. The van der Waals surface area contributed by atoms with Crippen LogP contribution >= 0.6 is 0 Å². The van der Waals surface area contributed by atoms with Crippen molar-refractivity contribution in [3.05, 3.63) is 29.8 Å². The minimum atomic E-state index is -1.06. The first-order valence-electron chi connectivity index (χ1n) is 5.00. The van der Waals surface area contributed by atoms with Crippen molar-refractivity contribution < 1.29 is 9.90 Å². The van der Waals surface area contributed by atoms with Gasteiger partial charge < -0.3 is 5.11 Å². The molecule has 0 aliphatic carbocycles. The normalized spacial score (nSPS) is 10.2. The second-order valence-electron chi connectivity index (χ2n) is 4.51. The fourth-order valence-corrected chi connectivity index (χ4v) is 1.02. The first kappa shape index (κ1) is 12.1. The molecule has 0 saturated carbocycles. The van der Waals surface area contributed by atoms with Crippen molar-refractivity contribution in [3.8, 4) is 11.8 Å². The van der Waals surface area contributed by atoms with Crippen molar-refractivity contribution in [2.75, 3.05) is 5.32 Å². The van der Waals surface area contributed by atoms with Crippen molar-refractivity contribution >= 4 is 11.8 Å². The van der Waals surface area contributed by atoms with Crippen molar-refractivity contribution in [1.82, 2.24) is 0 Å². The van der Waals surface area contributed by atoms with Crippen molar-refractivity contribution in [3.63, 3.8) is 0 Å². The van der Waals surface area contributed by atoms with E-state index in [9.17, 15) is 4.79 Å². The van der Waals surface area contributed by atoms with Gasteiger partial charge in [0, 0.05) is 16.7 Å². The number of carboxylic acid groups (broad SMARTS) is 1. The molecule has 0 heterocycles. The summed E-state index contributed by atoms with van der Waals surface area (Å²) in [5.41, 5.74) is 1.40. The van der Waals surface area contributed by atoms with Gasteiger partial charge in [0.2, 0.25) is 0 Å². The van der Waals surface area contributed by atoms with Gasteiger partial charge >= 0.3 is 6.09 Å². The molecule has 84 valence electrons. The molecule has 16 heavy (non-hydrogen) atoms. The third-order valence-corrected chi connectivity index (χ3v) is 1.72. The second kappa shape index (κ2) is 4.71. The van der Waals surface area contributed by atoms with Crippen LogP contribution in [0, 0.1) is 17.3 Å². The SMILES string of the molecule is CC(C)(C)C#Cc1ccc(NC(=O)O)cc1. The molecule has 0 aliphatic rings. The molecule has 1 amide bonds. The van der Waals surface area contributed by atoms with Crippen molar-refractivity contribution in [1.29, 1.82) is 0 Å². The topological polar surface area (TPSA) is 49.3 Å². The van der Waals surface area contributed by atoms with E-state index in [2.05, 4.69) is 17.2 Å². The zero-order valence-electron chi connectivity index (χ0n) is 9.66. The molecule has 0 bridgehead atoms. The molecule has 1 rings (SSSR count). The van der Waals surface area contributed by atoms with E-state index in [1.165, 1.54) is 0 Å². The molecule has 0 saturated heterocycles. The minimum Gasteiger partial charge on any atom is -0.465 e. The molecule has 3 heteroatoms. The fraction of sp³-hybridized carbons (Fsp3) is 0.308. The fourth-order valence-electron chi connectivity index (χ4n) is 1.02. The highest BCUT2D eigenvalue weighted by Crippen LogP contribution is 2.12. The summed E-state index contributed by atoms with van der Waals surface area (Å²) in [6.07, 6.45) is -1.06. The lowest BCUT2D eigenvalue weighted by molar-refractivity contribution is 0.210. The van der Waals surface area contributed by atoms with E-state index in [0.717, 1.165) is 5.56 Å². The van der Waals surface area contributed by atoms with Gasteiger partial charge in [0.25, 0.3) is 0 Å². The lowest BCUT2D eigenvalue weighted by Crippen LogP contribution is -2.06. The van der Waals surface area contributed by atoms with Crippen LogP contribution in [0.25, 0.3) is 0 Å². The molecule has 0 aromatic heterocycles. The predicted octanol–water partition coefficient (Wildman–Crippen LogP) is 3.17. The summed E-state index contributed by atoms with van der Waals surface area (Å²) >= 11 is 0. The van der Waals surface area contributed by atoms with Crippen LogP contribution in [0.2, 0.25) is 0 Å². The van der Waals surface area contributed by atoms with E-state index >= 15 is 0 Å². The summed E-state index contributed by atoms with van der Waals surface area (Å²) in [6.45, 7) is 6.13. The molecular formula is C13H15NO2. The third kappa shape index (κ3) is 4.52. The van der Waals surface area contributed by atoms with E-state index in [0.29, 0.717) is 5.69 Å². The average Bonchev–Trinajstić information content (AvgIpc) is 2.14. The number of carbonyl (C=O) groups is 1. The Morgan fingerprint density at radius 3 is 2.25 bits per heavy atom. The van der Waals surface area contributed by atoms with Gasteiger partial charge in [-0.2, -0.15) is 0 Å². The summed E-state index contributed by atoms with van der Waals surface area (Å²) in [5.74, 6) is 6.15. The van der Waals surface area contributed by atoms with E-state index < -0.39 is 6.09 Å². The van der Waals surface area contributed by atoms with E-state index in [1.54, 1.807) is 24.3 Å². The summed E-state index contributed by atoms with van der Waals surface area (Å²) in [6, 6.07) is 6.98. The zero-order chi connectivity index (χ0) is 12.2. The quantitative estimate of drug-likeness (QED) is 0.710. The Hall–Kier alpha value is -1.95. The summed E-state index contributed by atoms with van der Waals surface area (Å²) in [7, 11) is 0. The maximum absolute atomic E-state index is 10.4. The number of hydrogen-bond acceptors (Lipinski definition) is 1. The van der Waals surface area contributed by atoms with Crippen LogP contribution in [0.4, 0.5) is 10.5 Å². The van der Waals surface area contributed by atoms with Crippen LogP contribution in [-0.4, -0.2) is 11.2 Å². The molecule has 1 aromatic carbocycles. The maximum atomic E-state index is 10.4. The van der Waals surface area contributed by atoms with Gasteiger partial charge in [0.15, 0.2) is 0 Å². The number of nitrogens with one attached hydrogen (secondary N) is 1. The van der Waals surface area contributed by atoms with Crippen LogP contribution in [0.15, 0.2) is 24.3 Å². The van der Waals surface area contributed by atoms with Crippen LogP contribution in [0.5, 0.6) is 0 Å². The Labute approximate surface area is 95.5 Å². The Morgan fingerprint density at radius 1 is 1.25 bits per heavy atom. The first-order chi connectivity index (χ1) is 7.37. The van der Waals surface area contributed by atoms with Crippen molar-refractivity contribution in [2.45, 2.75) is 20.8 Å². The maximum Gasteiger partial charge on any atom is 0.409 e. The summed E-state index contributed by atoms with van der Waals surface area (Å²) in [4.78, 5) is 10.4. The van der Waals surface area contributed by atoms with E-state index in [4.69, 9.17) is 5.11 Å². The van der Waals surface area contributed by atoms with Gasteiger partial charge in [-0.3, -0.25) is 5.32 Å². The number of amides is 1. The number of hydrogen-bond donors (Lipinski definition) is 2. The van der Waals surface area contributed by atoms with E-state index in [1.807, 2.05) is 20.8 Å². The zero-order valence-corrected chi connectivity index (χ0v) is 9.66. The van der Waals surface area contributed by atoms with Crippen LogP contribution in [-0.2, 0) is 0 Å². The summed E-state index contributed by atoms with van der Waals surface area (Å²) in [5, 5.41) is 10.8. The molecule has 0 aliphatic heterocycles. The minimum absolute atomic E-state index is 0.0298. The predicted molar refractivity (Wildman–Crippen MR) is 64.4 cm³/mol. The molecule has 0 spiro atoms. The number of benzene rings is 1. The Bertz CT molecular complexity index is 430. The van der Waals surface area contributed by atoms with Gasteiger partial charge in [-0.25, -0.2) is 4.79 Å². The molecule has 0 fully saturated rings. The largest absolute Gasteiger partial charge is 0.465 e. The van der Waals surface area contributed by atoms with Crippen molar-refractivity contribution in [2.24, 2.45) is 5.41 Å². The van der Waals surface area contributed by atoms with Crippen LogP contribution in [0.3, 0.4) is 0 Å². The molecule has 0 unspecified atom stereocenters. The molecule has 2 N–H and O–H groups in total. The first-order valence-corrected chi connectivity index (χ1v) is 5.00. The number of anilines is 1. The monoisotopic (exact) mass is 217 g/mol. The highest BCUT2D eigenvalue weighted by molar-refractivity contribution is 5.82. The van der Waals surface area contributed by atoms with Gasteiger partial charge in [-0.05, 0) is 45.0 Å². The van der Waals surface area contributed by atoms with Crippen LogP contribution < -0.4 is 5.32 Å². The summed E-state index contributed by atoms with van der Waals surface area (Å²) < 4.78 is 0. The molecular weight excluding hydrogens is 202 g/mol. The third-order valence-electron chi connectivity index (χ3n) is 1.72. The smallest absolute Gasteiger partial charge is 0.409 e. The van der Waals surface area contributed by atoms with Gasteiger partial charge in [-0.15, -0.1) is 0 Å². The lowest BCUT2D eigenvalue weighted by Gasteiger charge is -2.06. The number of rotatable bonds is 1. The van der Waals surface area contributed by atoms with Gasteiger partial charge in [-0.1, -0.05) is 11.8 Å².